The van der Waals surface area contributed by atoms with Crippen molar-refractivity contribution in [2.75, 3.05) is 33.1 Å². The molecule has 1 rings (SSSR count). The van der Waals surface area contributed by atoms with Crippen molar-refractivity contribution in [1.29, 1.82) is 0 Å². The highest BCUT2D eigenvalue weighted by molar-refractivity contribution is 4.65. The summed E-state index contributed by atoms with van der Waals surface area (Å²) < 4.78 is 9.91. The Hall–Kier alpha value is -0.160. The summed E-state index contributed by atoms with van der Waals surface area (Å²) in [5, 5.41) is 13.0. The Labute approximate surface area is 60.1 Å². The molecule has 0 amide bonds. The molecule has 0 saturated carbocycles. The van der Waals surface area contributed by atoms with E-state index in [1.54, 1.807) is 0 Å². The molecule has 0 aromatic carbocycles. The highest BCUT2D eigenvalue weighted by Crippen LogP contribution is 1.95. The van der Waals surface area contributed by atoms with Crippen LogP contribution < -0.4 is 5.32 Å². The number of hydrogen-bond donors (Lipinski definition) is 1. The van der Waals surface area contributed by atoms with Crippen LogP contribution in [0.15, 0.2) is 0 Å². The molecule has 0 aromatic heterocycles. The molecule has 1 aliphatic rings. The quantitative estimate of drug-likeness (QED) is 0.540. The topological polar surface area (TPSA) is 50.4 Å². The van der Waals surface area contributed by atoms with Gasteiger partial charge in [-0.05, 0) is 0 Å². The summed E-state index contributed by atoms with van der Waals surface area (Å²) in [6.45, 7) is 2.34. The monoisotopic (exact) mass is 146 g/mol. The first kappa shape index (κ1) is 7.94. The van der Waals surface area contributed by atoms with Gasteiger partial charge in [0, 0.05) is 13.1 Å². The van der Waals surface area contributed by atoms with Gasteiger partial charge in [0.05, 0.1) is 19.3 Å². The third kappa shape index (κ3) is 2.62. The molecule has 1 radical (unpaired) electrons. The van der Waals surface area contributed by atoms with Crippen molar-refractivity contribution < 1.29 is 14.6 Å². The predicted molar refractivity (Wildman–Crippen MR) is 34.1 cm³/mol. The van der Waals surface area contributed by atoms with Gasteiger partial charge in [0.1, 0.15) is 0 Å². The zero-order valence-corrected chi connectivity index (χ0v) is 5.84. The highest BCUT2D eigenvalue weighted by Gasteiger charge is 2.12. The minimum absolute atomic E-state index is 0.0719. The van der Waals surface area contributed by atoms with Gasteiger partial charge in [0.15, 0.2) is 6.79 Å². The largest absolute Gasteiger partial charge is 0.373 e. The third-order valence-electron chi connectivity index (χ3n) is 1.39. The van der Waals surface area contributed by atoms with Crippen LogP contribution in [-0.4, -0.2) is 39.2 Å². The average Bonchev–Trinajstić information content (AvgIpc) is 2.03. The van der Waals surface area contributed by atoms with E-state index in [1.807, 2.05) is 0 Å². The second-order valence-corrected chi connectivity index (χ2v) is 2.19. The maximum atomic E-state index is 9.87. The maximum absolute atomic E-state index is 9.87. The molecule has 1 saturated heterocycles. The lowest BCUT2D eigenvalue weighted by Crippen LogP contribution is -2.41. The summed E-state index contributed by atoms with van der Waals surface area (Å²) in [7, 11) is 0. The summed E-state index contributed by atoms with van der Waals surface area (Å²) in [4.78, 5) is 0. The Morgan fingerprint density at radius 1 is 1.70 bits per heavy atom. The molecule has 10 heavy (non-hydrogen) atoms. The summed E-state index contributed by atoms with van der Waals surface area (Å²) >= 11 is 0. The molecule has 1 unspecified atom stereocenters. The van der Waals surface area contributed by atoms with Crippen molar-refractivity contribution in [2.24, 2.45) is 0 Å². The predicted octanol–water partition coefficient (Wildman–Crippen LogP) is -0.621. The van der Waals surface area contributed by atoms with Gasteiger partial charge >= 0.3 is 0 Å². The van der Waals surface area contributed by atoms with Crippen molar-refractivity contribution >= 4 is 0 Å². The van der Waals surface area contributed by atoms with E-state index in [-0.39, 0.29) is 6.10 Å². The second kappa shape index (κ2) is 4.62. The zero-order valence-electron chi connectivity index (χ0n) is 5.84. The maximum Gasteiger partial charge on any atom is 0.180 e. The first-order valence-electron chi connectivity index (χ1n) is 3.41. The van der Waals surface area contributed by atoms with E-state index >= 15 is 0 Å². The summed E-state index contributed by atoms with van der Waals surface area (Å²) in [6.07, 6.45) is 0.0719. The molecule has 4 nitrogen and oxygen atoms in total. The van der Waals surface area contributed by atoms with E-state index in [4.69, 9.17) is 4.74 Å². The van der Waals surface area contributed by atoms with E-state index in [2.05, 4.69) is 10.1 Å². The van der Waals surface area contributed by atoms with Gasteiger partial charge < -0.3 is 14.8 Å². The van der Waals surface area contributed by atoms with Crippen molar-refractivity contribution in [2.45, 2.75) is 6.10 Å². The Bertz CT molecular complexity index is 83.1. The smallest absolute Gasteiger partial charge is 0.180 e. The molecule has 0 spiro atoms. The fourth-order valence-electron chi connectivity index (χ4n) is 0.906. The summed E-state index contributed by atoms with van der Waals surface area (Å²) in [5.41, 5.74) is 0. The Kier molecular flexibility index (Phi) is 3.67. The van der Waals surface area contributed by atoms with Gasteiger partial charge in [0.25, 0.3) is 0 Å². The van der Waals surface area contributed by atoms with E-state index < -0.39 is 6.79 Å². The minimum Gasteiger partial charge on any atom is -0.373 e. The summed E-state index contributed by atoms with van der Waals surface area (Å²) in [6, 6.07) is 0. The zero-order chi connectivity index (χ0) is 7.23. The molecule has 1 atom stereocenters. The molecule has 0 bridgehead atoms. The lowest BCUT2D eigenvalue weighted by atomic mass is 10.3. The molecule has 1 fully saturated rings. The molecule has 4 heteroatoms. The van der Waals surface area contributed by atoms with Crippen LogP contribution in [0.4, 0.5) is 0 Å². The molecular formula is C6H12NO3. The van der Waals surface area contributed by atoms with Crippen LogP contribution in [0, 0.1) is 0 Å². The summed E-state index contributed by atoms with van der Waals surface area (Å²) in [5.74, 6) is 0. The molecule has 1 heterocycles. The van der Waals surface area contributed by atoms with Crippen LogP contribution in [0.5, 0.6) is 0 Å². The molecule has 0 aromatic rings. The standard InChI is InChI=1S/C6H12NO3/c8-5-9-4-6-3-7-1-2-10-6/h6-7H,1-5H2. The number of rotatable bonds is 3. The van der Waals surface area contributed by atoms with Crippen LogP contribution in [0.3, 0.4) is 0 Å². The fraction of sp³-hybridized carbons (Fsp3) is 1.00. The van der Waals surface area contributed by atoms with E-state index in [0.717, 1.165) is 13.1 Å². The van der Waals surface area contributed by atoms with Gasteiger partial charge in [-0.25, -0.2) is 5.11 Å². The van der Waals surface area contributed by atoms with Crippen LogP contribution in [0.1, 0.15) is 0 Å². The first-order chi connectivity index (χ1) is 4.93. The molecule has 59 valence electrons. The fourth-order valence-corrected chi connectivity index (χ4v) is 0.906. The SMILES string of the molecule is [O]COCC1CNCCO1. The Balaban J connectivity index is 2.02. The van der Waals surface area contributed by atoms with Gasteiger partial charge in [-0.2, -0.15) is 0 Å². The second-order valence-electron chi connectivity index (χ2n) is 2.19. The van der Waals surface area contributed by atoms with Crippen LogP contribution >= 0.6 is 0 Å². The van der Waals surface area contributed by atoms with E-state index in [1.165, 1.54) is 0 Å². The normalized spacial score (nSPS) is 26.7. The van der Waals surface area contributed by atoms with E-state index in [0.29, 0.717) is 13.2 Å². The van der Waals surface area contributed by atoms with Gasteiger partial charge in [0.2, 0.25) is 0 Å². The Morgan fingerprint density at radius 3 is 3.20 bits per heavy atom. The Morgan fingerprint density at radius 2 is 2.60 bits per heavy atom. The van der Waals surface area contributed by atoms with E-state index in [9.17, 15) is 5.11 Å². The lowest BCUT2D eigenvalue weighted by Gasteiger charge is -2.22. The molecular weight excluding hydrogens is 134 g/mol. The first-order valence-corrected chi connectivity index (χ1v) is 3.41. The van der Waals surface area contributed by atoms with Crippen molar-refractivity contribution in [1.82, 2.24) is 5.32 Å². The third-order valence-corrected chi connectivity index (χ3v) is 1.39. The number of ether oxygens (including phenoxy) is 2. The van der Waals surface area contributed by atoms with Crippen LogP contribution in [-0.2, 0) is 14.6 Å². The van der Waals surface area contributed by atoms with Gasteiger partial charge in [-0.1, -0.05) is 0 Å². The minimum atomic E-state index is -0.472. The molecule has 0 aliphatic carbocycles. The highest BCUT2D eigenvalue weighted by atomic mass is 16.6. The number of nitrogens with one attached hydrogen (secondary N) is 1. The van der Waals surface area contributed by atoms with Crippen molar-refractivity contribution in [3.8, 4) is 0 Å². The van der Waals surface area contributed by atoms with Gasteiger partial charge in [-0.3, -0.25) is 0 Å². The molecule has 1 aliphatic heterocycles. The van der Waals surface area contributed by atoms with Crippen LogP contribution in [0.25, 0.3) is 0 Å². The molecule has 1 N–H and O–H groups in total. The number of morpholine rings is 1. The average molecular weight is 146 g/mol. The lowest BCUT2D eigenvalue weighted by molar-refractivity contribution is -0.0936. The van der Waals surface area contributed by atoms with Crippen molar-refractivity contribution in [3.63, 3.8) is 0 Å². The van der Waals surface area contributed by atoms with Crippen molar-refractivity contribution in [3.05, 3.63) is 0 Å². The van der Waals surface area contributed by atoms with Gasteiger partial charge in [-0.15, -0.1) is 0 Å². The number of hydrogen-bond acceptors (Lipinski definition) is 3. The van der Waals surface area contributed by atoms with Crippen LogP contribution in [0.2, 0.25) is 0 Å².